The van der Waals surface area contributed by atoms with Crippen LogP contribution in [-0.4, -0.2) is 22.1 Å². The van der Waals surface area contributed by atoms with Crippen LogP contribution in [0.3, 0.4) is 0 Å². The smallest absolute Gasteiger partial charge is 0.221 e. The molecular formula is C21H28N2OS. The van der Waals surface area contributed by atoms with Crippen LogP contribution in [-0.2, 0) is 12.8 Å². The Balaban J connectivity index is 1.41. The van der Waals surface area contributed by atoms with E-state index in [9.17, 15) is 5.11 Å². The maximum absolute atomic E-state index is 10.3. The Morgan fingerprint density at radius 1 is 1.04 bits per heavy atom. The van der Waals surface area contributed by atoms with Gasteiger partial charge in [0.2, 0.25) is 5.88 Å². The van der Waals surface area contributed by atoms with Gasteiger partial charge in [0, 0.05) is 12.0 Å². The van der Waals surface area contributed by atoms with Crippen molar-refractivity contribution < 1.29 is 5.11 Å². The van der Waals surface area contributed by atoms with Crippen LogP contribution in [0.25, 0.3) is 0 Å². The van der Waals surface area contributed by atoms with Crippen molar-refractivity contribution in [3.05, 3.63) is 16.7 Å². The molecule has 1 aromatic rings. The molecule has 0 unspecified atom stereocenters. The summed E-state index contributed by atoms with van der Waals surface area (Å²) in [5, 5.41) is 19.0. The average molecular weight is 357 g/mol. The second-order valence-corrected chi connectivity index (χ2v) is 10.1. The first-order valence-corrected chi connectivity index (χ1v) is 11.0. The number of aromatic hydroxyl groups is 1. The quantitative estimate of drug-likeness (QED) is 0.591. The minimum atomic E-state index is 0.0728. The Morgan fingerprint density at radius 2 is 1.64 bits per heavy atom. The summed E-state index contributed by atoms with van der Waals surface area (Å²) in [4.78, 5) is 4.54. The minimum absolute atomic E-state index is 0.0728. The summed E-state index contributed by atoms with van der Waals surface area (Å²) in [6, 6.07) is 0. The van der Waals surface area contributed by atoms with E-state index in [0.717, 1.165) is 42.0 Å². The highest BCUT2D eigenvalue weighted by Gasteiger charge is 2.50. The zero-order chi connectivity index (χ0) is 17.0. The summed E-state index contributed by atoms with van der Waals surface area (Å²) < 4.78 is 0. The monoisotopic (exact) mass is 356 g/mol. The predicted octanol–water partition coefficient (Wildman–Crippen LogP) is 4.97. The fourth-order valence-electron chi connectivity index (χ4n) is 6.76. The average Bonchev–Trinajstić information content (AvgIpc) is 2.59. The van der Waals surface area contributed by atoms with Gasteiger partial charge in [-0.15, -0.1) is 11.8 Å². The molecule has 4 bridgehead atoms. The summed E-state index contributed by atoms with van der Waals surface area (Å²) in [7, 11) is 0. The lowest BCUT2D eigenvalue weighted by Gasteiger charge is -2.56. The molecule has 5 aliphatic rings. The van der Waals surface area contributed by atoms with Crippen LogP contribution in [0, 0.1) is 28.6 Å². The van der Waals surface area contributed by atoms with E-state index in [-0.39, 0.29) is 5.88 Å². The van der Waals surface area contributed by atoms with Gasteiger partial charge in [0.15, 0.2) is 0 Å². The van der Waals surface area contributed by atoms with E-state index in [1.54, 1.807) is 0 Å². The highest BCUT2D eigenvalue weighted by Crippen LogP contribution is 2.61. The van der Waals surface area contributed by atoms with Gasteiger partial charge in [0.1, 0.15) is 5.03 Å². The second kappa shape index (κ2) is 6.00. The molecule has 25 heavy (non-hydrogen) atoms. The van der Waals surface area contributed by atoms with Crippen molar-refractivity contribution in [3.8, 4) is 5.88 Å². The second-order valence-electron chi connectivity index (χ2n) is 9.17. The van der Waals surface area contributed by atoms with Crippen LogP contribution < -0.4 is 0 Å². The number of hydrogen-bond acceptors (Lipinski definition) is 4. The van der Waals surface area contributed by atoms with Gasteiger partial charge < -0.3 is 10.5 Å². The van der Waals surface area contributed by atoms with Gasteiger partial charge in [-0.1, -0.05) is 0 Å². The maximum atomic E-state index is 10.3. The molecule has 4 heteroatoms. The van der Waals surface area contributed by atoms with E-state index < -0.39 is 0 Å². The SMILES string of the molecule is N=Cc1c(O)nc(SCC23CC4CC(CC(C4)C2)C3)c2c1CCCC2. The van der Waals surface area contributed by atoms with E-state index >= 15 is 0 Å². The molecule has 4 saturated carbocycles. The van der Waals surface area contributed by atoms with Gasteiger partial charge >= 0.3 is 0 Å². The number of fused-ring (bicyclic) bond motifs is 1. The number of nitrogens with zero attached hydrogens (tertiary/aromatic N) is 1. The third-order valence-corrected chi connectivity index (χ3v) is 8.69. The lowest BCUT2D eigenvalue weighted by molar-refractivity contribution is -0.0381. The summed E-state index contributed by atoms with van der Waals surface area (Å²) in [5.41, 5.74) is 3.73. The van der Waals surface area contributed by atoms with Crippen molar-refractivity contribution in [1.82, 2.24) is 4.98 Å². The standard InChI is InChI=1S/C21H28N2OS/c22-11-18-16-3-1-2-4-17(16)20(23-19(18)24)25-12-21-8-13-5-14(9-21)7-15(6-13)10-21/h11,13-15,22H,1-10,12H2,(H,23,24). The fraction of sp³-hybridized carbons (Fsp3) is 0.714. The molecule has 3 nitrogen and oxygen atoms in total. The fourth-order valence-corrected chi connectivity index (χ4v) is 8.10. The van der Waals surface area contributed by atoms with E-state index in [1.165, 1.54) is 68.0 Å². The van der Waals surface area contributed by atoms with E-state index in [1.807, 2.05) is 11.8 Å². The molecule has 0 amide bonds. The van der Waals surface area contributed by atoms with Gasteiger partial charge in [-0.3, -0.25) is 0 Å². The molecule has 5 aliphatic carbocycles. The van der Waals surface area contributed by atoms with E-state index in [4.69, 9.17) is 5.41 Å². The Hall–Kier alpha value is -1.03. The lowest BCUT2D eigenvalue weighted by Crippen LogP contribution is -2.47. The first kappa shape index (κ1) is 16.2. The molecule has 0 radical (unpaired) electrons. The number of rotatable bonds is 4. The summed E-state index contributed by atoms with van der Waals surface area (Å²) in [5.74, 6) is 4.22. The zero-order valence-electron chi connectivity index (χ0n) is 14.9. The molecule has 134 valence electrons. The Morgan fingerprint density at radius 3 is 2.24 bits per heavy atom. The third kappa shape index (κ3) is 2.72. The largest absolute Gasteiger partial charge is 0.493 e. The van der Waals surface area contributed by atoms with Crippen molar-refractivity contribution in [3.63, 3.8) is 0 Å². The third-order valence-electron chi connectivity index (χ3n) is 7.32. The normalized spacial score (nSPS) is 35.6. The highest BCUT2D eigenvalue weighted by atomic mass is 32.2. The van der Waals surface area contributed by atoms with Crippen LogP contribution in [0.15, 0.2) is 5.03 Å². The van der Waals surface area contributed by atoms with Gasteiger partial charge in [-0.2, -0.15) is 0 Å². The molecule has 4 fully saturated rings. The van der Waals surface area contributed by atoms with Gasteiger partial charge in [-0.25, -0.2) is 4.98 Å². The molecule has 1 heterocycles. The zero-order valence-corrected chi connectivity index (χ0v) is 15.7. The first-order chi connectivity index (χ1) is 12.2. The van der Waals surface area contributed by atoms with Crippen LogP contribution in [0.4, 0.5) is 0 Å². The summed E-state index contributed by atoms with van der Waals surface area (Å²) >= 11 is 1.91. The molecule has 0 spiro atoms. The Bertz CT molecular complexity index is 679. The molecule has 0 aromatic carbocycles. The van der Waals surface area contributed by atoms with Crippen LogP contribution in [0.5, 0.6) is 5.88 Å². The lowest BCUT2D eigenvalue weighted by atomic mass is 9.50. The maximum Gasteiger partial charge on any atom is 0.221 e. The van der Waals surface area contributed by atoms with Gasteiger partial charge in [0.05, 0.1) is 5.56 Å². The van der Waals surface area contributed by atoms with E-state index in [2.05, 4.69) is 4.98 Å². The van der Waals surface area contributed by atoms with E-state index in [0.29, 0.717) is 11.0 Å². The van der Waals surface area contributed by atoms with Crippen molar-refractivity contribution in [2.75, 3.05) is 5.75 Å². The molecule has 2 N–H and O–H groups in total. The summed E-state index contributed by atoms with van der Waals surface area (Å²) in [6.45, 7) is 0. The van der Waals surface area contributed by atoms with Crippen molar-refractivity contribution in [2.45, 2.75) is 69.2 Å². The Labute approximate surface area is 154 Å². The molecule has 1 aromatic heterocycles. The van der Waals surface area contributed by atoms with Crippen molar-refractivity contribution in [2.24, 2.45) is 23.2 Å². The van der Waals surface area contributed by atoms with Gasteiger partial charge in [-0.05, 0) is 98.5 Å². The molecule has 0 saturated heterocycles. The van der Waals surface area contributed by atoms with Gasteiger partial charge in [0.25, 0.3) is 0 Å². The van der Waals surface area contributed by atoms with Crippen LogP contribution >= 0.6 is 11.8 Å². The number of pyridine rings is 1. The van der Waals surface area contributed by atoms with Crippen LogP contribution in [0.2, 0.25) is 0 Å². The number of hydrogen-bond donors (Lipinski definition) is 2. The van der Waals surface area contributed by atoms with Crippen molar-refractivity contribution in [1.29, 1.82) is 5.41 Å². The number of aromatic nitrogens is 1. The number of nitrogens with one attached hydrogen (secondary N) is 1. The molecule has 0 atom stereocenters. The van der Waals surface area contributed by atoms with Crippen LogP contribution in [0.1, 0.15) is 68.1 Å². The molecule has 0 aliphatic heterocycles. The topological polar surface area (TPSA) is 57.0 Å². The van der Waals surface area contributed by atoms with Crippen molar-refractivity contribution >= 4 is 18.0 Å². The molecular weight excluding hydrogens is 328 g/mol. The first-order valence-electron chi connectivity index (χ1n) is 10.0. The minimum Gasteiger partial charge on any atom is -0.493 e. The number of thioether (sulfide) groups is 1. The summed E-state index contributed by atoms with van der Waals surface area (Å²) in [6.07, 6.45) is 14.5. The predicted molar refractivity (Wildman–Crippen MR) is 102 cm³/mol. The Kier molecular flexibility index (Phi) is 3.88. The molecule has 6 rings (SSSR count). The highest BCUT2D eigenvalue weighted by molar-refractivity contribution is 7.99.